The number of amides is 2. The van der Waals surface area contributed by atoms with Crippen molar-refractivity contribution in [2.45, 2.75) is 0 Å². The van der Waals surface area contributed by atoms with Crippen LogP contribution in [0.3, 0.4) is 0 Å². The summed E-state index contributed by atoms with van der Waals surface area (Å²) in [6.45, 7) is 4.23. The molecule has 1 aromatic heterocycles. The molecule has 0 radical (unpaired) electrons. The maximum atomic E-state index is 13.1. The highest BCUT2D eigenvalue weighted by molar-refractivity contribution is 6.16. The quantitative estimate of drug-likeness (QED) is 0.455. The van der Waals surface area contributed by atoms with Gasteiger partial charge in [0.25, 0.3) is 0 Å². The summed E-state index contributed by atoms with van der Waals surface area (Å²) in [4.78, 5) is 30.4. The molecule has 9 heteroatoms. The Kier molecular flexibility index (Phi) is 6.75. The van der Waals surface area contributed by atoms with E-state index in [0.29, 0.717) is 17.0 Å². The molecule has 2 aliphatic rings. The maximum Gasteiger partial charge on any atom is 0.318 e. The Morgan fingerprint density at radius 1 is 1.19 bits per heavy atom. The predicted octanol–water partition coefficient (Wildman–Crippen LogP) is 3.89. The monoisotopic (exact) mass is 488 g/mol. The number of anilines is 1. The predicted molar refractivity (Wildman–Crippen MR) is 139 cm³/mol. The van der Waals surface area contributed by atoms with E-state index in [2.05, 4.69) is 32.7 Å². The summed E-state index contributed by atoms with van der Waals surface area (Å²) in [5.41, 5.74) is 3.66. The SMILES string of the molecule is CNC(=O)Nc1ccc2c(c1)C(=O)/C(=C/c1c[nH]c3c(/C=C/CN4CCOCC4)cc(OC)cc13)O2. The first-order valence-corrected chi connectivity index (χ1v) is 11.8. The number of benzene rings is 2. The summed E-state index contributed by atoms with van der Waals surface area (Å²) in [7, 11) is 3.16. The molecule has 0 unspecified atom stereocenters. The second kappa shape index (κ2) is 10.3. The van der Waals surface area contributed by atoms with Gasteiger partial charge in [-0.3, -0.25) is 9.69 Å². The van der Waals surface area contributed by atoms with Crippen LogP contribution in [-0.2, 0) is 4.74 Å². The summed E-state index contributed by atoms with van der Waals surface area (Å²) in [5, 5.41) is 6.08. The minimum absolute atomic E-state index is 0.218. The Morgan fingerprint density at radius 3 is 2.81 bits per heavy atom. The molecule has 0 spiro atoms. The summed E-state index contributed by atoms with van der Waals surface area (Å²) < 4.78 is 16.8. The third kappa shape index (κ3) is 4.84. The van der Waals surface area contributed by atoms with Crippen LogP contribution in [0, 0.1) is 0 Å². The van der Waals surface area contributed by atoms with Crippen molar-refractivity contribution in [3.8, 4) is 11.5 Å². The van der Waals surface area contributed by atoms with E-state index in [1.54, 1.807) is 31.4 Å². The van der Waals surface area contributed by atoms with Gasteiger partial charge in [0.2, 0.25) is 5.78 Å². The molecule has 186 valence electrons. The minimum Gasteiger partial charge on any atom is -0.497 e. The molecule has 0 saturated carbocycles. The number of carbonyl (C=O) groups excluding carboxylic acids is 2. The van der Waals surface area contributed by atoms with Gasteiger partial charge in [-0.15, -0.1) is 0 Å². The van der Waals surface area contributed by atoms with Gasteiger partial charge in [-0.2, -0.15) is 0 Å². The lowest BCUT2D eigenvalue weighted by atomic mass is 10.1. The van der Waals surface area contributed by atoms with E-state index in [1.165, 1.54) is 7.05 Å². The average molecular weight is 489 g/mol. The van der Waals surface area contributed by atoms with Gasteiger partial charge in [-0.25, -0.2) is 4.79 Å². The van der Waals surface area contributed by atoms with E-state index in [1.807, 2.05) is 18.3 Å². The lowest BCUT2D eigenvalue weighted by Gasteiger charge is -2.25. The molecular weight excluding hydrogens is 460 g/mol. The van der Waals surface area contributed by atoms with Crippen molar-refractivity contribution in [3.63, 3.8) is 0 Å². The molecule has 9 nitrogen and oxygen atoms in total. The van der Waals surface area contributed by atoms with Crippen LogP contribution in [0.1, 0.15) is 21.5 Å². The number of aromatic nitrogens is 1. The number of rotatable bonds is 6. The van der Waals surface area contributed by atoms with Crippen LogP contribution in [0.2, 0.25) is 0 Å². The number of nitrogens with zero attached hydrogens (tertiary/aromatic N) is 1. The number of morpholine rings is 1. The van der Waals surface area contributed by atoms with Gasteiger partial charge in [0.1, 0.15) is 11.5 Å². The van der Waals surface area contributed by atoms with Crippen LogP contribution in [-0.4, -0.2) is 68.7 Å². The lowest BCUT2D eigenvalue weighted by molar-refractivity contribution is 0.0435. The Morgan fingerprint density at radius 2 is 2.03 bits per heavy atom. The van der Waals surface area contributed by atoms with Crippen molar-refractivity contribution in [1.82, 2.24) is 15.2 Å². The van der Waals surface area contributed by atoms with Crippen molar-refractivity contribution < 1.29 is 23.8 Å². The normalized spacial score (nSPS) is 16.9. The van der Waals surface area contributed by atoms with E-state index >= 15 is 0 Å². The second-order valence-corrected chi connectivity index (χ2v) is 8.55. The number of Topliss-reactive ketones (excluding diaryl/α,β-unsaturated/α-hetero) is 1. The number of hydrogen-bond acceptors (Lipinski definition) is 6. The number of methoxy groups -OCH3 is 1. The van der Waals surface area contributed by atoms with E-state index in [0.717, 1.165) is 60.6 Å². The molecule has 1 fully saturated rings. The Bertz CT molecular complexity index is 1370. The molecule has 2 aromatic carbocycles. The Hall–Kier alpha value is -4.08. The minimum atomic E-state index is -0.361. The van der Waals surface area contributed by atoms with Gasteiger partial charge in [0, 0.05) is 55.1 Å². The van der Waals surface area contributed by atoms with Crippen LogP contribution in [0.4, 0.5) is 10.5 Å². The van der Waals surface area contributed by atoms with Crippen molar-refractivity contribution in [3.05, 3.63) is 65.1 Å². The van der Waals surface area contributed by atoms with E-state index in [4.69, 9.17) is 14.2 Å². The topological polar surface area (TPSA) is 105 Å². The fraction of sp³-hybridized carbons (Fsp3) is 0.259. The van der Waals surface area contributed by atoms with Crippen molar-refractivity contribution in [1.29, 1.82) is 0 Å². The third-order valence-electron chi connectivity index (χ3n) is 6.27. The molecular formula is C27H28N4O5. The van der Waals surface area contributed by atoms with Gasteiger partial charge >= 0.3 is 6.03 Å². The fourth-order valence-electron chi connectivity index (χ4n) is 4.34. The molecule has 3 N–H and O–H groups in total. The highest BCUT2D eigenvalue weighted by Gasteiger charge is 2.28. The summed E-state index contributed by atoms with van der Waals surface area (Å²) in [6.07, 6.45) is 7.81. The first-order chi connectivity index (χ1) is 17.6. The molecule has 36 heavy (non-hydrogen) atoms. The number of aromatic amines is 1. The number of ether oxygens (including phenoxy) is 3. The second-order valence-electron chi connectivity index (χ2n) is 8.55. The standard InChI is InChI=1S/C27H28N4O5/c1-28-27(33)30-19-5-6-23-22(14-19)26(32)24(36-23)13-18-16-29-25-17(12-20(34-2)15-21(18)25)4-3-7-31-8-10-35-11-9-31/h3-6,12-16,29H,7-11H2,1-2H3,(H2,28,30,33)/b4-3+,24-13-. The molecule has 1 saturated heterocycles. The number of ketones is 1. The number of allylic oxidation sites excluding steroid dienone is 1. The summed E-state index contributed by atoms with van der Waals surface area (Å²) in [5.74, 6) is 1.15. The Labute approximate surface area is 208 Å². The lowest BCUT2D eigenvalue weighted by Crippen LogP contribution is -2.36. The number of H-pyrrole nitrogens is 1. The first-order valence-electron chi connectivity index (χ1n) is 11.8. The number of fused-ring (bicyclic) bond motifs is 2. The molecule has 0 aliphatic carbocycles. The molecule has 0 bridgehead atoms. The highest BCUT2D eigenvalue weighted by atomic mass is 16.5. The molecule has 2 aliphatic heterocycles. The summed E-state index contributed by atoms with van der Waals surface area (Å²) in [6, 6.07) is 8.55. The number of carbonyl (C=O) groups is 2. The van der Waals surface area contributed by atoms with Gasteiger partial charge in [0.15, 0.2) is 5.76 Å². The molecule has 5 rings (SSSR count). The van der Waals surface area contributed by atoms with Gasteiger partial charge in [0.05, 0.1) is 31.4 Å². The van der Waals surface area contributed by atoms with E-state index in [9.17, 15) is 9.59 Å². The van der Waals surface area contributed by atoms with Crippen LogP contribution < -0.4 is 20.1 Å². The molecule has 3 heterocycles. The zero-order chi connectivity index (χ0) is 25.1. The van der Waals surface area contributed by atoms with Crippen molar-refractivity contribution in [2.75, 3.05) is 52.3 Å². The summed E-state index contributed by atoms with van der Waals surface area (Å²) >= 11 is 0. The van der Waals surface area contributed by atoms with Crippen LogP contribution in [0.15, 0.2) is 48.4 Å². The highest BCUT2D eigenvalue weighted by Crippen LogP contribution is 2.35. The van der Waals surface area contributed by atoms with Crippen molar-refractivity contribution in [2.24, 2.45) is 0 Å². The van der Waals surface area contributed by atoms with Gasteiger partial charge < -0.3 is 29.8 Å². The van der Waals surface area contributed by atoms with Crippen LogP contribution in [0.5, 0.6) is 11.5 Å². The third-order valence-corrected chi connectivity index (χ3v) is 6.27. The van der Waals surface area contributed by atoms with Crippen LogP contribution in [0.25, 0.3) is 23.1 Å². The van der Waals surface area contributed by atoms with Gasteiger partial charge in [-0.05, 0) is 36.4 Å². The zero-order valence-corrected chi connectivity index (χ0v) is 20.2. The molecule has 0 atom stereocenters. The average Bonchev–Trinajstić information content (AvgIpc) is 3.45. The first kappa shape index (κ1) is 23.7. The largest absolute Gasteiger partial charge is 0.497 e. The smallest absolute Gasteiger partial charge is 0.318 e. The fourth-order valence-corrected chi connectivity index (χ4v) is 4.34. The van der Waals surface area contributed by atoms with Gasteiger partial charge in [-0.1, -0.05) is 12.2 Å². The van der Waals surface area contributed by atoms with Crippen LogP contribution >= 0.6 is 0 Å². The molecule has 2 amide bonds. The van der Waals surface area contributed by atoms with E-state index < -0.39 is 0 Å². The number of urea groups is 1. The number of nitrogens with one attached hydrogen (secondary N) is 3. The van der Waals surface area contributed by atoms with Crippen molar-refractivity contribution >= 4 is 40.6 Å². The van der Waals surface area contributed by atoms with E-state index in [-0.39, 0.29) is 17.6 Å². The molecule has 3 aromatic rings. The zero-order valence-electron chi connectivity index (χ0n) is 20.2. The Balaban J connectivity index is 1.41. The maximum absolute atomic E-state index is 13.1. The number of hydrogen-bond donors (Lipinski definition) is 3.